The zero-order valence-corrected chi connectivity index (χ0v) is 19.2. The van der Waals surface area contributed by atoms with E-state index < -0.39 is 17.0 Å². The van der Waals surface area contributed by atoms with E-state index in [0.29, 0.717) is 0 Å². The lowest BCUT2D eigenvalue weighted by Crippen LogP contribution is -2.29. The first kappa shape index (κ1) is 25.2. The third kappa shape index (κ3) is 8.24. The molecule has 0 saturated heterocycles. The van der Waals surface area contributed by atoms with Crippen LogP contribution in [-0.2, 0) is 0 Å². The van der Waals surface area contributed by atoms with Crippen molar-refractivity contribution < 1.29 is 19.9 Å². The van der Waals surface area contributed by atoms with Crippen LogP contribution in [0.2, 0.25) is 0 Å². The quantitative estimate of drug-likeness (QED) is 0.226. The summed E-state index contributed by atoms with van der Waals surface area (Å²) in [6.07, 6.45) is 3.47. The van der Waals surface area contributed by atoms with Gasteiger partial charge in [0.15, 0.2) is 3.92 Å². The number of thiazole rings is 2. The summed E-state index contributed by atoms with van der Waals surface area (Å²) in [5.74, 6) is 0. The number of hydrogen-bond donors (Lipinski definition) is 2. The maximum atomic E-state index is 10.4. The molecule has 0 saturated carbocycles. The normalized spacial score (nSPS) is 9.59. The molecule has 2 aromatic heterocycles. The van der Waals surface area contributed by atoms with Gasteiger partial charge in [-0.2, -0.15) is 0 Å². The van der Waals surface area contributed by atoms with Crippen LogP contribution < -0.4 is 5.46 Å². The van der Waals surface area contributed by atoms with Crippen LogP contribution in [0.25, 0.3) is 10.6 Å². The van der Waals surface area contributed by atoms with E-state index in [1.54, 1.807) is 35.9 Å². The van der Waals surface area contributed by atoms with Gasteiger partial charge in [0.05, 0.1) is 9.85 Å². The Morgan fingerprint density at radius 2 is 1.31 bits per heavy atom. The number of nitro groups is 2. The van der Waals surface area contributed by atoms with E-state index in [0.717, 1.165) is 14.5 Å². The third-order valence-corrected chi connectivity index (χ3v) is 5.71. The van der Waals surface area contributed by atoms with Crippen LogP contribution >= 0.6 is 38.6 Å². The van der Waals surface area contributed by atoms with Crippen LogP contribution in [-0.4, -0.2) is 37.0 Å². The van der Waals surface area contributed by atoms with Gasteiger partial charge in [0.2, 0.25) is 0 Å². The highest BCUT2D eigenvalue weighted by atomic mass is 79.9. The van der Waals surface area contributed by atoms with E-state index in [-0.39, 0.29) is 16.8 Å². The first-order chi connectivity index (χ1) is 15.3. The molecule has 2 N–H and O–H groups in total. The summed E-state index contributed by atoms with van der Waals surface area (Å²) in [7, 11) is -1.58. The van der Waals surface area contributed by atoms with E-state index in [1.807, 2.05) is 10.8 Å². The van der Waals surface area contributed by atoms with Gasteiger partial charge in [-0.15, -0.1) is 22.7 Å². The lowest BCUT2D eigenvalue weighted by atomic mass is 9.80. The number of halogens is 1. The summed E-state index contributed by atoms with van der Waals surface area (Å²) in [6.45, 7) is 0. The Morgan fingerprint density at radius 3 is 1.66 bits per heavy atom. The van der Waals surface area contributed by atoms with Crippen molar-refractivity contribution in [1.29, 1.82) is 0 Å². The molecule has 14 heteroatoms. The van der Waals surface area contributed by atoms with Gasteiger partial charge in [-0.05, 0) is 33.5 Å². The van der Waals surface area contributed by atoms with Crippen molar-refractivity contribution in [3.05, 3.63) is 95.8 Å². The number of hydrogen-bond acceptors (Lipinski definition) is 10. The highest BCUT2D eigenvalue weighted by molar-refractivity contribution is 9.11. The minimum atomic E-state index is -1.58. The molecule has 0 atom stereocenters. The molecule has 10 nitrogen and oxygen atoms in total. The summed E-state index contributed by atoms with van der Waals surface area (Å²) >= 11 is 6.28. The number of non-ortho nitro benzene ring substituents is 2. The summed E-state index contributed by atoms with van der Waals surface area (Å²) in [5.41, 5.74) is 1.18. The second-order valence-electron chi connectivity index (χ2n) is 5.65. The zero-order valence-electron chi connectivity index (χ0n) is 16.0. The molecular formula is C18H14BBrN4O6S2. The molecule has 0 radical (unpaired) electrons. The van der Waals surface area contributed by atoms with Gasteiger partial charge in [-0.1, -0.05) is 12.1 Å². The molecule has 4 aromatic rings. The Balaban J connectivity index is 0.000000183. The molecular weight excluding hydrogens is 523 g/mol. The Kier molecular flexibility index (Phi) is 10.0. The highest BCUT2D eigenvalue weighted by Crippen LogP contribution is 2.23. The predicted molar refractivity (Wildman–Crippen MR) is 127 cm³/mol. The van der Waals surface area contributed by atoms with Gasteiger partial charge in [-0.3, -0.25) is 20.2 Å². The van der Waals surface area contributed by atoms with Gasteiger partial charge in [0, 0.05) is 53.0 Å². The lowest BCUT2D eigenvalue weighted by molar-refractivity contribution is -0.385. The predicted octanol–water partition coefficient (Wildman–Crippen LogP) is 3.90. The topological polar surface area (TPSA) is 153 Å². The van der Waals surface area contributed by atoms with Crippen LogP contribution in [0, 0.1) is 20.2 Å². The Bertz CT molecular complexity index is 1110. The number of nitro benzene ring substituents is 2. The molecule has 2 heterocycles. The van der Waals surface area contributed by atoms with E-state index in [4.69, 9.17) is 10.0 Å². The Morgan fingerprint density at radius 1 is 0.812 bits per heavy atom. The molecule has 0 fully saturated rings. The molecule has 0 spiro atoms. The van der Waals surface area contributed by atoms with Gasteiger partial charge in [0.1, 0.15) is 5.01 Å². The number of benzene rings is 2. The fraction of sp³-hybridized carbons (Fsp3) is 0. The first-order valence-corrected chi connectivity index (χ1v) is 11.1. The summed E-state index contributed by atoms with van der Waals surface area (Å²) in [5, 5.41) is 42.5. The number of nitrogens with zero attached hydrogens (tertiary/aromatic N) is 4. The average Bonchev–Trinajstić information content (AvgIpc) is 3.49. The molecule has 2 aromatic carbocycles. The van der Waals surface area contributed by atoms with E-state index in [2.05, 4.69) is 25.9 Å². The maximum absolute atomic E-state index is 10.4. The molecule has 0 aliphatic heterocycles. The van der Waals surface area contributed by atoms with Crippen molar-refractivity contribution >= 4 is 62.6 Å². The van der Waals surface area contributed by atoms with Crippen molar-refractivity contribution in [1.82, 2.24) is 9.97 Å². The van der Waals surface area contributed by atoms with Crippen molar-refractivity contribution in [3.8, 4) is 10.6 Å². The smallest absolute Gasteiger partial charge is 0.423 e. The second-order valence-corrected chi connectivity index (χ2v) is 8.71. The third-order valence-electron chi connectivity index (χ3n) is 3.56. The monoisotopic (exact) mass is 536 g/mol. The van der Waals surface area contributed by atoms with Crippen molar-refractivity contribution in [2.45, 2.75) is 0 Å². The van der Waals surface area contributed by atoms with Crippen LogP contribution in [0.4, 0.5) is 11.4 Å². The molecule has 0 aliphatic rings. The average molecular weight is 537 g/mol. The summed E-state index contributed by atoms with van der Waals surface area (Å²) < 4.78 is 0.947. The van der Waals surface area contributed by atoms with Gasteiger partial charge in [0.25, 0.3) is 11.4 Å². The molecule has 0 aliphatic carbocycles. The van der Waals surface area contributed by atoms with Crippen molar-refractivity contribution in [2.75, 3.05) is 0 Å². The fourth-order valence-electron chi connectivity index (χ4n) is 2.07. The Hall–Kier alpha value is -3.04. The molecule has 164 valence electrons. The van der Waals surface area contributed by atoms with Crippen molar-refractivity contribution in [2.24, 2.45) is 0 Å². The zero-order chi connectivity index (χ0) is 23.5. The van der Waals surface area contributed by atoms with E-state index in [1.165, 1.54) is 47.7 Å². The van der Waals surface area contributed by atoms with Crippen LogP contribution in [0.3, 0.4) is 0 Å². The second kappa shape index (κ2) is 12.7. The molecule has 4 rings (SSSR count). The molecule has 0 bridgehead atoms. The minimum absolute atomic E-state index is 0.0700. The fourth-order valence-corrected chi connectivity index (χ4v) is 3.51. The van der Waals surface area contributed by atoms with Gasteiger partial charge >= 0.3 is 7.12 Å². The lowest BCUT2D eigenvalue weighted by Gasteiger charge is -1.96. The van der Waals surface area contributed by atoms with Gasteiger partial charge in [-0.25, -0.2) is 9.97 Å². The minimum Gasteiger partial charge on any atom is -0.423 e. The van der Waals surface area contributed by atoms with E-state index in [9.17, 15) is 20.2 Å². The maximum Gasteiger partial charge on any atom is 0.488 e. The summed E-state index contributed by atoms with van der Waals surface area (Å²) in [4.78, 5) is 27.6. The summed E-state index contributed by atoms with van der Waals surface area (Å²) in [6, 6.07) is 11.4. The van der Waals surface area contributed by atoms with Gasteiger partial charge < -0.3 is 10.0 Å². The van der Waals surface area contributed by atoms with Crippen LogP contribution in [0.1, 0.15) is 0 Å². The largest absolute Gasteiger partial charge is 0.488 e. The van der Waals surface area contributed by atoms with E-state index >= 15 is 0 Å². The van der Waals surface area contributed by atoms with Crippen molar-refractivity contribution in [3.63, 3.8) is 0 Å². The van der Waals surface area contributed by atoms with Crippen LogP contribution in [0.5, 0.6) is 0 Å². The number of rotatable bonds is 4. The number of aromatic nitrogens is 2. The highest BCUT2D eigenvalue weighted by Gasteiger charge is 2.12. The Labute approximate surface area is 198 Å². The SMILES string of the molecule is Brc1nccs1.O=[N+]([O-])c1ccc(-c2nccs2)cc1.O=[N+]([O-])c1ccc(B(O)O)cc1. The molecule has 32 heavy (non-hydrogen) atoms. The first-order valence-electron chi connectivity index (χ1n) is 8.57. The van der Waals surface area contributed by atoms with Crippen LogP contribution in [0.15, 0.2) is 75.6 Å². The molecule has 0 unspecified atom stereocenters. The standard InChI is InChI=1S/C9H6N2O2S.C6H6BNO4.C3H2BrNS/c12-11(13)8-3-1-7(2-4-8)9-10-5-6-14-9;9-7(10)5-1-3-6(4-2-5)8(11)12;4-3-5-1-2-6-3/h1-6H;1-4,9-10H;1-2H. The molecule has 0 amide bonds.